The van der Waals surface area contributed by atoms with Gasteiger partial charge in [0.25, 0.3) is 0 Å². The molecule has 0 atom stereocenters. The van der Waals surface area contributed by atoms with E-state index in [1.54, 1.807) is 11.0 Å². The Balaban J connectivity index is 1.24. The standard InChI is InChI=1S/C24H22ClN7O2/c1-34-23(33)30-11-15-7-17(25)5-6-19(15)32-21(12-30)28-29-22(32)16-8-24(9-16)13-31(14-24)20-4-2-3-18(10-26)27-20/h2-7,16H,8-9,11-14H2,1H3. The zero-order chi connectivity index (χ0) is 23.4. The van der Waals surface area contributed by atoms with Gasteiger partial charge in [0.2, 0.25) is 0 Å². The number of halogens is 1. The molecule has 3 aliphatic rings. The summed E-state index contributed by atoms with van der Waals surface area (Å²) in [4.78, 5) is 20.6. The molecule has 1 aromatic carbocycles. The van der Waals surface area contributed by atoms with Crippen molar-refractivity contribution in [3.05, 3.63) is 64.3 Å². The molecule has 1 spiro atoms. The highest BCUT2D eigenvalue weighted by Gasteiger charge is 2.54. The first-order chi connectivity index (χ1) is 16.5. The van der Waals surface area contributed by atoms with Crippen LogP contribution in [0, 0.1) is 16.7 Å². The SMILES string of the molecule is COC(=O)N1Cc2cc(Cl)ccc2-n2c(nnc2C2CC3(C2)CN(c2cccc(C#N)n2)C3)C1. The van der Waals surface area contributed by atoms with Gasteiger partial charge >= 0.3 is 6.09 Å². The number of pyridine rings is 1. The fourth-order valence-electron chi connectivity index (χ4n) is 5.56. The van der Waals surface area contributed by atoms with E-state index >= 15 is 0 Å². The molecule has 10 heteroatoms. The lowest BCUT2D eigenvalue weighted by molar-refractivity contribution is 0.0581. The highest BCUT2D eigenvalue weighted by atomic mass is 35.5. The van der Waals surface area contributed by atoms with E-state index in [9.17, 15) is 4.79 Å². The lowest BCUT2D eigenvalue weighted by atomic mass is 9.57. The van der Waals surface area contributed by atoms with Gasteiger partial charge in [0, 0.05) is 29.4 Å². The van der Waals surface area contributed by atoms with E-state index in [2.05, 4.69) is 30.7 Å². The third kappa shape index (κ3) is 3.29. The van der Waals surface area contributed by atoms with E-state index in [0.29, 0.717) is 23.8 Å². The summed E-state index contributed by atoms with van der Waals surface area (Å²) in [6.45, 7) is 2.56. The van der Waals surface area contributed by atoms with Crippen molar-refractivity contribution in [3.8, 4) is 11.8 Å². The van der Waals surface area contributed by atoms with Crippen LogP contribution in [0.2, 0.25) is 5.02 Å². The third-order valence-corrected chi connectivity index (χ3v) is 7.35. The van der Waals surface area contributed by atoms with Crippen molar-refractivity contribution in [2.75, 3.05) is 25.1 Å². The lowest BCUT2D eigenvalue weighted by Crippen LogP contribution is -2.62. The zero-order valence-corrected chi connectivity index (χ0v) is 19.4. The summed E-state index contributed by atoms with van der Waals surface area (Å²) in [6.07, 6.45) is 1.63. The molecule has 1 saturated heterocycles. The van der Waals surface area contributed by atoms with Gasteiger partial charge in [-0.1, -0.05) is 17.7 Å². The minimum Gasteiger partial charge on any atom is -0.453 e. The number of anilines is 1. The Labute approximate surface area is 201 Å². The predicted molar refractivity (Wildman–Crippen MR) is 124 cm³/mol. The Morgan fingerprint density at radius 3 is 2.79 bits per heavy atom. The smallest absolute Gasteiger partial charge is 0.410 e. The number of benzene rings is 1. The summed E-state index contributed by atoms with van der Waals surface area (Å²) in [7, 11) is 1.38. The van der Waals surface area contributed by atoms with E-state index < -0.39 is 6.09 Å². The lowest BCUT2D eigenvalue weighted by Gasteiger charge is -2.59. The van der Waals surface area contributed by atoms with E-state index in [4.69, 9.17) is 21.6 Å². The molecule has 172 valence electrons. The van der Waals surface area contributed by atoms with Crippen LogP contribution >= 0.6 is 11.6 Å². The summed E-state index contributed by atoms with van der Waals surface area (Å²) >= 11 is 6.28. The second-order valence-electron chi connectivity index (χ2n) is 9.36. The highest BCUT2D eigenvalue weighted by Crippen LogP contribution is 2.56. The molecular formula is C24H22ClN7O2. The first-order valence-electron chi connectivity index (χ1n) is 11.2. The molecule has 0 N–H and O–H groups in total. The van der Waals surface area contributed by atoms with Gasteiger partial charge in [-0.2, -0.15) is 5.26 Å². The maximum Gasteiger partial charge on any atom is 0.410 e. The monoisotopic (exact) mass is 475 g/mol. The van der Waals surface area contributed by atoms with Crippen LogP contribution in [-0.2, 0) is 17.8 Å². The average Bonchev–Trinajstić information content (AvgIpc) is 3.11. The van der Waals surface area contributed by atoms with Crippen molar-refractivity contribution in [1.29, 1.82) is 5.26 Å². The van der Waals surface area contributed by atoms with Crippen LogP contribution in [0.4, 0.5) is 10.6 Å². The molecule has 1 amide bonds. The van der Waals surface area contributed by atoms with Crippen molar-refractivity contribution in [1.82, 2.24) is 24.6 Å². The van der Waals surface area contributed by atoms with Crippen LogP contribution < -0.4 is 4.90 Å². The molecule has 2 fully saturated rings. The summed E-state index contributed by atoms with van der Waals surface area (Å²) < 4.78 is 7.07. The fraction of sp³-hybridized carbons (Fsp3) is 0.375. The number of carbonyl (C=O) groups excluding carboxylic acids is 1. The van der Waals surface area contributed by atoms with E-state index in [0.717, 1.165) is 54.6 Å². The average molecular weight is 476 g/mol. The van der Waals surface area contributed by atoms with Gasteiger partial charge in [-0.05, 0) is 48.7 Å². The Morgan fingerprint density at radius 1 is 1.21 bits per heavy atom. The van der Waals surface area contributed by atoms with Gasteiger partial charge in [0.1, 0.15) is 23.4 Å². The molecule has 0 bridgehead atoms. The van der Waals surface area contributed by atoms with Crippen LogP contribution in [0.15, 0.2) is 36.4 Å². The van der Waals surface area contributed by atoms with Crippen LogP contribution in [0.1, 0.15) is 41.7 Å². The number of nitriles is 1. The summed E-state index contributed by atoms with van der Waals surface area (Å²) in [5.74, 6) is 2.79. The van der Waals surface area contributed by atoms with Crippen LogP contribution in [-0.4, -0.2) is 50.9 Å². The number of rotatable bonds is 2. The van der Waals surface area contributed by atoms with Crippen LogP contribution in [0.5, 0.6) is 0 Å². The maximum atomic E-state index is 12.3. The Morgan fingerprint density at radius 2 is 2.03 bits per heavy atom. The fourth-order valence-corrected chi connectivity index (χ4v) is 5.76. The number of amides is 1. The number of fused-ring (bicyclic) bond motifs is 3. The Hall–Kier alpha value is -3.64. The largest absolute Gasteiger partial charge is 0.453 e. The number of hydrogen-bond donors (Lipinski definition) is 0. The molecule has 1 aliphatic carbocycles. The minimum atomic E-state index is -0.407. The number of ether oxygens (including phenoxy) is 1. The molecular weight excluding hydrogens is 454 g/mol. The van der Waals surface area contributed by atoms with Crippen molar-refractivity contribution < 1.29 is 9.53 Å². The molecule has 2 aliphatic heterocycles. The first kappa shape index (κ1) is 20.9. The molecule has 9 nitrogen and oxygen atoms in total. The molecule has 0 radical (unpaired) electrons. The van der Waals surface area contributed by atoms with Gasteiger partial charge in [0.05, 0.1) is 25.9 Å². The second-order valence-corrected chi connectivity index (χ2v) is 9.80. The molecule has 6 rings (SSSR count). The number of hydrogen-bond acceptors (Lipinski definition) is 7. The van der Waals surface area contributed by atoms with Gasteiger partial charge < -0.3 is 9.64 Å². The highest BCUT2D eigenvalue weighted by molar-refractivity contribution is 6.30. The molecule has 3 aromatic rings. The van der Waals surface area contributed by atoms with Gasteiger partial charge in [0.15, 0.2) is 5.82 Å². The molecule has 4 heterocycles. The second kappa shape index (κ2) is 7.71. The Kier molecular flexibility index (Phi) is 4.74. The first-order valence-corrected chi connectivity index (χ1v) is 11.5. The van der Waals surface area contributed by atoms with Gasteiger partial charge in [-0.15, -0.1) is 10.2 Å². The van der Waals surface area contributed by atoms with E-state index in [-0.39, 0.29) is 11.3 Å². The Bertz CT molecular complexity index is 1330. The predicted octanol–water partition coefficient (Wildman–Crippen LogP) is 3.65. The van der Waals surface area contributed by atoms with Crippen LogP contribution in [0.3, 0.4) is 0 Å². The molecule has 2 aromatic heterocycles. The van der Waals surface area contributed by atoms with Crippen LogP contribution in [0.25, 0.3) is 5.69 Å². The molecule has 1 saturated carbocycles. The summed E-state index contributed by atoms with van der Waals surface area (Å²) in [6, 6.07) is 13.4. The number of nitrogens with zero attached hydrogens (tertiary/aromatic N) is 7. The van der Waals surface area contributed by atoms with Gasteiger partial charge in [-0.25, -0.2) is 9.78 Å². The normalized spacial score (nSPS) is 18.3. The molecule has 34 heavy (non-hydrogen) atoms. The number of aromatic nitrogens is 4. The van der Waals surface area contributed by atoms with Crippen molar-refractivity contribution >= 4 is 23.5 Å². The summed E-state index contributed by atoms with van der Waals surface area (Å²) in [5.41, 5.74) is 2.58. The van der Waals surface area contributed by atoms with Crippen molar-refractivity contribution in [3.63, 3.8) is 0 Å². The van der Waals surface area contributed by atoms with Crippen molar-refractivity contribution in [2.24, 2.45) is 5.41 Å². The third-order valence-electron chi connectivity index (χ3n) is 7.11. The van der Waals surface area contributed by atoms with E-state index in [1.165, 1.54) is 7.11 Å². The number of methoxy groups -OCH3 is 1. The topological polar surface area (TPSA) is 100 Å². The zero-order valence-electron chi connectivity index (χ0n) is 18.6. The van der Waals surface area contributed by atoms with Crippen molar-refractivity contribution in [2.45, 2.75) is 31.8 Å². The maximum absolute atomic E-state index is 12.3. The van der Waals surface area contributed by atoms with E-state index in [1.807, 2.05) is 30.3 Å². The molecule has 0 unspecified atom stereocenters. The summed E-state index contributed by atoms with van der Waals surface area (Å²) in [5, 5.41) is 18.8. The quantitative estimate of drug-likeness (QED) is 0.557. The van der Waals surface area contributed by atoms with Gasteiger partial charge in [-0.3, -0.25) is 9.47 Å². The number of carbonyl (C=O) groups is 1. The minimum absolute atomic E-state index is 0.243.